The monoisotopic (exact) mass is 247 g/mol. The molecule has 98 valence electrons. The molecule has 18 heavy (non-hydrogen) atoms. The van der Waals surface area contributed by atoms with E-state index < -0.39 is 5.97 Å². The van der Waals surface area contributed by atoms with E-state index in [1.54, 1.807) is 0 Å². The molecule has 1 N–H and O–H groups in total. The Kier molecular flexibility index (Phi) is 4.37. The molecule has 1 aromatic carbocycles. The molecule has 1 aliphatic heterocycles. The lowest BCUT2D eigenvalue weighted by molar-refractivity contribution is -0.143. The highest BCUT2D eigenvalue weighted by atomic mass is 16.4. The molecule has 1 heterocycles. The van der Waals surface area contributed by atoms with Crippen LogP contribution in [0.15, 0.2) is 24.3 Å². The SMILES string of the molecule is CCc1ccc(CN2CCC(C(=O)O)CC2)cc1. The summed E-state index contributed by atoms with van der Waals surface area (Å²) in [5.74, 6) is -0.773. The molecule has 0 aromatic heterocycles. The summed E-state index contributed by atoms with van der Waals surface area (Å²) in [6.45, 7) is 4.89. The molecule has 3 nitrogen and oxygen atoms in total. The molecule has 0 aliphatic carbocycles. The number of aryl methyl sites for hydroxylation is 1. The second-order valence-electron chi connectivity index (χ2n) is 5.06. The number of benzene rings is 1. The number of carboxylic acids is 1. The maximum Gasteiger partial charge on any atom is 0.306 e. The number of nitrogens with zero attached hydrogens (tertiary/aromatic N) is 1. The quantitative estimate of drug-likeness (QED) is 0.889. The summed E-state index contributed by atoms with van der Waals surface area (Å²) in [5, 5.41) is 8.95. The van der Waals surface area contributed by atoms with Gasteiger partial charge in [-0.1, -0.05) is 31.2 Å². The van der Waals surface area contributed by atoms with Gasteiger partial charge in [0.2, 0.25) is 0 Å². The third-order valence-electron chi connectivity index (χ3n) is 3.77. The van der Waals surface area contributed by atoms with Crippen molar-refractivity contribution in [3.05, 3.63) is 35.4 Å². The van der Waals surface area contributed by atoms with E-state index >= 15 is 0 Å². The first-order chi connectivity index (χ1) is 8.69. The van der Waals surface area contributed by atoms with E-state index in [2.05, 4.69) is 36.1 Å². The number of piperidine rings is 1. The van der Waals surface area contributed by atoms with Gasteiger partial charge in [0.1, 0.15) is 0 Å². The van der Waals surface area contributed by atoms with Gasteiger partial charge in [0.15, 0.2) is 0 Å². The first kappa shape index (κ1) is 13.1. The molecule has 0 spiro atoms. The number of hydrogen-bond donors (Lipinski definition) is 1. The number of likely N-dealkylation sites (tertiary alicyclic amines) is 1. The van der Waals surface area contributed by atoms with Crippen LogP contribution in [-0.2, 0) is 17.8 Å². The minimum atomic E-state index is -0.637. The largest absolute Gasteiger partial charge is 0.481 e. The predicted molar refractivity (Wildman–Crippen MR) is 71.5 cm³/mol. The molecule has 0 atom stereocenters. The molecule has 0 radical (unpaired) electrons. The summed E-state index contributed by atoms with van der Waals surface area (Å²) in [7, 11) is 0. The zero-order valence-electron chi connectivity index (χ0n) is 10.9. The minimum absolute atomic E-state index is 0.135. The summed E-state index contributed by atoms with van der Waals surface area (Å²) in [6, 6.07) is 8.73. The molecule has 2 rings (SSSR count). The van der Waals surface area contributed by atoms with Gasteiger partial charge < -0.3 is 5.11 Å². The molecule has 0 unspecified atom stereocenters. The zero-order chi connectivity index (χ0) is 13.0. The first-order valence-corrected chi connectivity index (χ1v) is 6.72. The Morgan fingerprint density at radius 1 is 1.22 bits per heavy atom. The fourth-order valence-electron chi connectivity index (χ4n) is 2.48. The van der Waals surface area contributed by atoms with Crippen molar-refractivity contribution in [1.82, 2.24) is 4.90 Å². The lowest BCUT2D eigenvalue weighted by Crippen LogP contribution is -2.35. The normalized spacial score (nSPS) is 17.8. The topological polar surface area (TPSA) is 40.5 Å². The summed E-state index contributed by atoms with van der Waals surface area (Å²) in [4.78, 5) is 13.2. The van der Waals surface area contributed by atoms with Gasteiger partial charge in [-0.15, -0.1) is 0 Å². The van der Waals surface area contributed by atoms with E-state index in [1.165, 1.54) is 11.1 Å². The van der Waals surface area contributed by atoms with Crippen molar-refractivity contribution in [1.29, 1.82) is 0 Å². The summed E-state index contributed by atoms with van der Waals surface area (Å²) in [5.41, 5.74) is 2.68. The van der Waals surface area contributed by atoms with E-state index in [-0.39, 0.29) is 5.92 Å². The number of rotatable bonds is 4. The van der Waals surface area contributed by atoms with Crippen molar-refractivity contribution in [2.24, 2.45) is 5.92 Å². The highest BCUT2D eigenvalue weighted by Crippen LogP contribution is 2.19. The van der Waals surface area contributed by atoms with Crippen LogP contribution in [0.1, 0.15) is 30.9 Å². The molecule has 0 amide bonds. The van der Waals surface area contributed by atoms with Crippen LogP contribution >= 0.6 is 0 Å². The number of carboxylic acid groups (broad SMARTS) is 1. The van der Waals surface area contributed by atoms with Gasteiger partial charge >= 0.3 is 5.97 Å². The summed E-state index contributed by atoms with van der Waals surface area (Å²) < 4.78 is 0. The third-order valence-corrected chi connectivity index (χ3v) is 3.77. The van der Waals surface area contributed by atoms with E-state index in [0.29, 0.717) is 0 Å². The van der Waals surface area contributed by atoms with Crippen LogP contribution in [0, 0.1) is 5.92 Å². The highest BCUT2D eigenvalue weighted by molar-refractivity contribution is 5.70. The Morgan fingerprint density at radius 2 is 1.78 bits per heavy atom. The molecule has 3 heteroatoms. The lowest BCUT2D eigenvalue weighted by Gasteiger charge is -2.30. The summed E-state index contributed by atoms with van der Waals surface area (Å²) in [6.07, 6.45) is 2.63. The maximum atomic E-state index is 10.9. The lowest BCUT2D eigenvalue weighted by atomic mass is 9.97. The first-order valence-electron chi connectivity index (χ1n) is 6.72. The van der Waals surface area contributed by atoms with Crippen molar-refractivity contribution in [3.8, 4) is 0 Å². The predicted octanol–water partition coefficient (Wildman–Crippen LogP) is 2.55. The van der Waals surface area contributed by atoms with Gasteiger partial charge in [0.25, 0.3) is 0 Å². The van der Waals surface area contributed by atoms with Crippen LogP contribution < -0.4 is 0 Å². The van der Waals surface area contributed by atoms with Crippen LogP contribution in [0.3, 0.4) is 0 Å². The van der Waals surface area contributed by atoms with Crippen LogP contribution in [0.4, 0.5) is 0 Å². The molecule has 1 aliphatic rings. The molecule has 1 fully saturated rings. The van der Waals surface area contributed by atoms with Crippen LogP contribution in [0.5, 0.6) is 0 Å². The Labute approximate surface area is 108 Å². The standard InChI is InChI=1S/C15H21NO2/c1-2-12-3-5-13(6-4-12)11-16-9-7-14(8-10-16)15(17)18/h3-6,14H,2,7-11H2,1H3,(H,17,18). The second kappa shape index (κ2) is 6.01. The summed E-state index contributed by atoms with van der Waals surface area (Å²) >= 11 is 0. The zero-order valence-corrected chi connectivity index (χ0v) is 10.9. The van der Waals surface area contributed by atoms with E-state index in [1.807, 2.05) is 0 Å². The van der Waals surface area contributed by atoms with Gasteiger partial charge in [-0.3, -0.25) is 9.69 Å². The van der Waals surface area contributed by atoms with E-state index in [4.69, 9.17) is 5.11 Å². The van der Waals surface area contributed by atoms with Crippen molar-refractivity contribution in [2.75, 3.05) is 13.1 Å². The van der Waals surface area contributed by atoms with Crippen LogP contribution in [-0.4, -0.2) is 29.1 Å². The fraction of sp³-hybridized carbons (Fsp3) is 0.533. The smallest absolute Gasteiger partial charge is 0.306 e. The highest BCUT2D eigenvalue weighted by Gasteiger charge is 2.24. The molecule has 1 saturated heterocycles. The van der Waals surface area contributed by atoms with Crippen molar-refractivity contribution < 1.29 is 9.90 Å². The van der Waals surface area contributed by atoms with Crippen LogP contribution in [0.25, 0.3) is 0 Å². The molecule has 0 saturated carbocycles. The Hall–Kier alpha value is -1.35. The Bertz CT molecular complexity index is 391. The van der Waals surface area contributed by atoms with Gasteiger partial charge in [-0.25, -0.2) is 0 Å². The van der Waals surface area contributed by atoms with E-state index in [0.717, 1.165) is 38.9 Å². The van der Waals surface area contributed by atoms with Crippen LogP contribution in [0.2, 0.25) is 0 Å². The maximum absolute atomic E-state index is 10.9. The average molecular weight is 247 g/mol. The minimum Gasteiger partial charge on any atom is -0.481 e. The number of hydrogen-bond acceptors (Lipinski definition) is 2. The fourth-order valence-corrected chi connectivity index (χ4v) is 2.48. The second-order valence-corrected chi connectivity index (χ2v) is 5.06. The molecular formula is C15H21NO2. The average Bonchev–Trinajstić information content (AvgIpc) is 2.40. The van der Waals surface area contributed by atoms with Crippen molar-refractivity contribution >= 4 is 5.97 Å². The van der Waals surface area contributed by atoms with Crippen molar-refractivity contribution in [2.45, 2.75) is 32.7 Å². The van der Waals surface area contributed by atoms with Gasteiger partial charge in [-0.2, -0.15) is 0 Å². The molecule has 1 aromatic rings. The third kappa shape index (κ3) is 3.33. The molecular weight excluding hydrogens is 226 g/mol. The number of carbonyl (C=O) groups is 1. The number of aliphatic carboxylic acids is 1. The Morgan fingerprint density at radius 3 is 2.28 bits per heavy atom. The van der Waals surface area contributed by atoms with Crippen molar-refractivity contribution in [3.63, 3.8) is 0 Å². The van der Waals surface area contributed by atoms with E-state index in [9.17, 15) is 4.79 Å². The van der Waals surface area contributed by atoms with Gasteiger partial charge in [0, 0.05) is 6.54 Å². The van der Waals surface area contributed by atoms with Gasteiger partial charge in [0.05, 0.1) is 5.92 Å². The molecule has 0 bridgehead atoms. The Balaban J connectivity index is 1.85. The van der Waals surface area contributed by atoms with Gasteiger partial charge in [-0.05, 0) is 43.5 Å².